The Labute approximate surface area is 128 Å². The summed E-state index contributed by atoms with van der Waals surface area (Å²) in [6.07, 6.45) is 0.785. The van der Waals surface area contributed by atoms with E-state index in [9.17, 15) is 5.11 Å². The maximum Gasteiger partial charge on any atom is 0.0900 e. The van der Waals surface area contributed by atoms with Crippen LogP contribution in [0.15, 0.2) is 30.3 Å². The fourth-order valence-corrected chi connectivity index (χ4v) is 2.76. The minimum atomic E-state index is -0.401. The van der Waals surface area contributed by atoms with Crippen LogP contribution in [0.4, 0.5) is 0 Å². The molecule has 0 aromatic heterocycles. The number of ether oxygens (including phenoxy) is 1. The Morgan fingerprint density at radius 1 is 1.10 bits per heavy atom. The number of likely N-dealkylation sites (N-methyl/N-ethyl adjacent to an activating group) is 1. The lowest BCUT2D eigenvalue weighted by atomic mass is 10.2. The molecule has 1 aliphatic rings. The lowest BCUT2D eigenvalue weighted by Crippen LogP contribution is -2.37. The Kier molecular flexibility index (Phi) is 7.16. The number of hydrogen-bond donors (Lipinski definition) is 1. The normalized spacial score (nSPS) is 19.3. The predicted octanol–water partition coefficient (Wildman–Crippen LogP) is 1.59. The second-order valence-electron chi connectivity index (χ2n) is 5.74. The molecule has 0 radical (unpaired) electrons. The highest BCUT2D eigenvalue weighted by molar-refractivity contribution is 5.13. The summed E-state index contributed by atoms with van der Waals surface area (Å²) in [5.74, 6) is 0. The van der Waals surface area contributed by atoms with Crippen LogP contribution in [0.5, 0.6) is 0 Å². The lowest BCUT2D eigenvalue weighted by molar-refractivity contribution is 0.0105. The van der Waals surface area contributed by atoms with E-state index in [0.29, 0.717) is 19.8 Å². The van der Waals surface area contributed by atoms with Crippen LogP contribution >= 0.6 is 0 Å². The zero-order valence-electron chi connectivity index (χ0n) is 13.1. The van der Waals surface area contributed by atoms with Gasteiger partial charge >= 0.3 is 0 Å². The SMILES string of the molecule is CCN1CCCN(CC(O)COCc2ccccc2)CC1. The Morgan fingerprint density at radius 3 is 2.57 bits per heavy atom. The molecular weight excluding hydrogens is 264 g/mol. The van der Waals surface area contributed by atoms with E-state index < -0.39 is 6.10 Å². The average Bonchev–Trinajstić information content (AvgIpc) is 2.73. The molecular formula is C17H28N2O2. The number of hydrogen-bond acceptors (Lipinski definition) is 4. The van der Waals surface area contributed by atoms with Crippen molar-refractivity contribution in [3.8, 4) is 0 Å². The largest absolute Gasteiger partial charge is 0.389 e. The van der Waals surface area contributed by atoms with Crippen LogP contribution in [0, 0.1) is 0 Å². The van der Waals surface area contributed by atoms with Crippen molar-refractivity contribution in [1.29, 1.82) is 0 Å². The predicted molar refractivity (Wildman–Crippen MR) is 85.3 cm³/mol. The van der Waals surface area contributed by atoms with Crippen molar-refractivity contribution in [1.82, 2.24) is 9.80 Å². The molecule has 1 saturated heterocycles. The number of aliphatic hydroxyl groups is 1. The molecule has 1 aromatic carbocycles. The lowest BCUT2D eigenvalue weighted by Gasteiger charge is -2.23. The Morgan fingerprint density at radius 2 is 1.81 bits per heavy atom. The van der Waals surface area contributed by atoms with Gasteiger partial charge in [0.1, 0.15) is 0 Å². The summed E-state index contributed by atoms with van der Waals surface area (Å²) in [4.78, 5) is 4.82. The highest BCUT2D eigenvalue weighted by Gasteiger charge is 2.16. The van der Waals surface area contributed by atoms with Gasteiger partial charge in [-0.25, -0.2) is 0 Å². The first-order valence-electron chi connectivity index (χ1n) is 8.02. The second-order valence-corrected chi connectivity index (χ2v) is 5.74. The summed E-state index contributed by atoms with van der Waals surface area (Å²) < 4.78 is 5.61. The maximum atomic E-state index is 10.1. The molecule has 21 heavy (non-hydrogen) atoms. The zero-order chi connectivity index (χ0) is 14.9. The molecule has 1 N–H and O–H groups in total. The van der Waals surface area contributed by atoms with Crippen LogP contribution in [0.2, 0.25) is 0 Å². The molecule has 4 nitrogen and oxygen atoms in total. The van der Waals surface area contributed by atoms with Gasteiger partial charge in [0.25, 0.3) is 0 Å². The molecule has 0 spiro atoms. The van der Waals surface area contributed by atoms with Crippen molar-refractivity contribution in [3.63, 3.8) is 0 Å². The Balaban J connectivity index is 1.63. The van der Waals surface area contributed by atoms with Gasteiger partial charge in [0.15, 0.2) is 0 Å². The van der Waals surface area contributed by atoms with Gasteiger partial charge in [-0.2, -0.15) is 0 Å². The number of nitrogens with zero attached hydrogens (tertiary/aromatic N) is 2. The minimum Gasteiger partial charge on any atom is -0.389 e. The van der Waals surface area contributed by atoms with Crippen LogP contribution in [-0.2, 0) is 11.3 Å². The van der Waals surface area contributed by atoms with Crippen LogP contribution in [0.3, 0.4) is 0 Å². The number of β-amino-alcohol motifs (C(OH)–C–C–N with tert-alkyl or cyclic N) is 1. The molecule has 0 amide bonds. The van der Waals surface area contributed by atoms with Gasteiger partial charge in [0, 0.05) is 19.6 Å². The third-order valence-electron chi connectivity index (χ3n) is 4.02. The van der Waals surface area contributed by atoms with Crippen LogP contribution < -0.4 is 0 Å². The van der Waals surface area contributed by atoms with E-state index in [1.165, 1.54) is 13.0 Å². The maximum absolute atomic E-state index is 10.1. The molecule has 4 heteroatoms. The van der Waals surface area contributed by atoms with Crippen LogP contribution in [0.1, 0.15) is 18.9 Å². The highest BCUT2D eigenvalue weighted by Crippen LogP contribution is 2.05. The first-order chi connectivity index (χ1) is 10.3. The topological polar surface area (TPSA) is 35.9 Å². The summed E-state index contributed by atoms with van der Waals surface area (Å²) in [6.45, 7) is 9.42. The van der Waals surface area contributed by atoms with Crippen molar-refractivity contribution in [3.05, 3.63) is 35.9 Å². The van der Waals surface area contributed by atoms with Gasteiger partial charge in [0.05, 0.1) is 19.3 Å². The van der Waals surface area contributed by atoms with Gasteiger partial charge in [-0.15, -0.1) is 0 Å². The smallest absolute Gasteiger partial charge is 0.0900 e. The van der Waals surface area contributed by atoms with Gasteiger partial charge in [-0.3, -0.25) is 4.90 Å². The second kappa shape index (κ2) is 9.15. The molecule has 118 valence electrons. The molecule has 1 fully saturated rings. The molecule has 1 aliphatic heterocycles. The van der Waals surface area contributed by atoms with Crippen molar-refractivity contribution < 1.29 is 9.84 Å². The highest BCUT2D eigenvalue weighted by atomic mass is 16.5. The number of rotatable bonds is 7. The standard InChI is InChI=1S/C17H28N2O2/c1-2-18-9-6-10-19(12-11-18)13-17(20)15-21-14-16-7-4-3-5-8-16/h3-5,7-8,17,20H,2,6,9-15H2,1H3. The summed E-state index contributed by atoms with van der Waals surface area (Å²) >= 11 is 0. The molecule has 0 bridgehead atoms. The third kappa shape index (κ3) is 6.14. The van der Waals surface area contributed by atoms with E-state index in [0.717, 1.165) is 31.7 Å². The summed E-state index contributed by atoms with van der Waals surface area (Å²) in [7, 11) is 0. The molecule has 1 atom stereocenters. The van der Waals surface area contributed by atoms with Gasteiger partial charge in [0.2, 0.25) is 0 Å². The quantitative estimate of drug-likeness (QED) is 0.828. The molecule has 1 heterocycles. The molecule has 0 aliphatic carbocycles. The van der Waals surface area contributed by atoms with E-state index in [-0.39, 0.29) is 0 Å². The first kappa shape index (κ1) is 16.4. The first-order valence-corrected chi connectivity index (χ1v) is 8.02. The fourth-order valence-electron chi connectivity index (χ4n) is 2.76. The summed E-state index contributed by atoms with van der Waals surface area (Å²) in [5.41, 5.74) is 1.15. The fraction of sp³-hybridized carbons (Fsp3) is 0.647. The Hall–Kier alpha value is -0.940. The van der Waals surface area contributed by atoms with E-state index >= 15 is 0 Å². The van der Waals surface area contributed by atoms with E-state index in [4.69, 9.17) is 4.74 Å². The summed E-state index contributed by atoms with van der Waals surface area (Å²) in [6, 6.07) is 10.1. The van der Waals surface area contributed by atoms with Crippen molar-refractivity contribution in [2.24, 2.45) is 0 Å². The Bertz CT molecular complexity index is 386. The number of benzene rings is 1. The molecule has 2 rings (SSSR count). The van der Waals surface area contributed by atoms with Gasteiger partial charge in [-0.05, 0) is 31.6 Å². The minimum absolute atomic E-state index is 0.401. The molecule has 0 saturated carbocycles. The van der Waals surface area contributed by atoms with Crippen molar-refractivity contribution in [2.75, 3.05) is 45.9 Å². The molecule has 1 unspecified atom stereocenters. The van der Waals surface area contributed by atoms with E-state index in [2.05, 4.69) is 16.7 Å². The van der Waals surface area contributed by atoms with Gasteiger partial charge in [-0.1, -0.05) is 37.3 Å². The third-order valence-corrected chi connectivity index (χ3v) is 4.02. The van der Waals surface area contributed by atoms with Crippen molar-refractivity contribution in [2.45, 2.75) is 26.1 Å². The number of aliphatic hydroxyl groups excluding tert-OH is 1. The van der Waals surface area contributed by atoms with E-state index in [1.54, 1.807) is 0 Å². The summed E-state index contributed by atoms with van der Waals surface area (Å²) in [5, 5.41) is 10.1. The average molecular weight is 292 g/mol. The zero-order valence-corrected chi connectivity index (χ0v) is 13.1. The van der Waals surface area contributed by atoms with Crippen LogP contribution in [-0.4, -0.2) is 66.9 Å². The van der Waals surface area contributed by atoms with Crippen molar-refractivity contribution >= 4 is 0 Å². The van der Waals surface area contributed by atoms with E-state index in [1.807, 2.05) is 30.3 Å². The van der Waals surface area contributed by atoms with Gasteiger partial charge < -0.3 is 14.7 Å². The monoisotopic (exact) mass is 292 g/mol. The van der Waals surface area contributed by atoms with Crippen LogP contribution in [0.25, 0.3) is 0 Å². The molecule has 1 aromatic rings.